The van der Waals surface area contributed by atoms with Crippen molar-refractivity contribution in [3.63, 3.8) is 0 Å². The quantitative estimate of drug-likeness (QED) is 0.863. The van der Waals surface area contributed by atoms with Crippen molar-refractivity contribution in [2.24, 2.45) is 0 Å². The van der Waals surface area contributed by atoms with Crippen LogP contribution in [-0.2, 0) is 4.74 Å². The molecule has 1 amide bonds. The van der Waals surface area contributed by atoms with Crippen LogP contribution in [0.2, 0.25) is 10.0 Å². The van der Waals surface area contributed by atoms with Crippen LogP contribution in [0.25, 0.3) is 0 Å². The summed E-state index contributed by atoms with van der Waals surface area (Å²) < 4.78 is 5.50. The molecule has 0 aliphatic rings. The Kier molecular flexibility index (Phi) is 5.65. The zero-order valence-electron chi connectivity index (χ0n) is 11.6. The van der Waals surface area contributed by atoms with E-state index in [4.69, 9.17) is 27.9 Å². The van der Waals surface area contributed by atoms with Crippen molar-refractivity contribution in [3.05, 3.63) is 56.2 Å². The molecule has 0 spiro atoms. The summed E-state index contributed by atoms with van der Waals surface area (Å²) in [4.78, 5) is 12.7. The van der Waals surface area contributed by atoms with Gasteiger partial charge in [0.2, 0.25) is 0 Å². The van der Waals surface area contributed by atoms with E-state index in [-0.39, 0.29) is 18.1 Å². The monoisotopic (exact) mass is 343 g/mol. The first-order chi connectivity index (χ1) is 10.0. The number of carbonyl (C=O) groups is 1. The molecule has 3 nitrogen and oxygen atoms in total. The van der Waals surface area contributed by atoms with Gasteiger partial charge in [0.15, 0.2) is 0 Å². The van der Waals surface area contributed by atoms with Crippen LogP contribution in [0.4, 0.5) is 0 Å². The summed E-state index contributed by atoms with van der Waals surface area (Å²) in [5.41, 5.74) is 0.951. The molecular formula is C15H15Cl2NO2S. The Labute approximate surface area is 137 Å². The Morgan fingerprint density at radius 2 is 1.90 bits per heavy atom. The molecule has 0 aliphatic carbocycles. The highest BCUT2D eigenvalue weighted by molar-refractivity contribution is 7.12. The molecule has 0 saturated heterocycles. The highest BCUT2D eigenvalue weighted by atomic mass is 35.5. The predicted octanol–water partition coefficient (Wildman–Crippen LogP) is 4.56. The molecule has 0 fully saturated rings. The van der Waals surface area contributed by atoms with Gasteiger partial charge in [0.25, 0.3) is 5.91 Å². The molecule has 1 aromatic heterocycles. The van der Waals surface area contributed by atoms with Crippen LogP contribution >= 0.6 is 34.5 Å². The van der Waals surface area contributed by atoms with Gasteiger partial charge >= 0.3 is 0 Å². The molecule has 0 aliphatic heterocycles. The largest absolute Gasteiger partial charge is 0.375 e. The molecule has 0 radical (unpaired) electrons. The van der Waals surface area contributed by atoms with Crippen molar-refractivity contribution in [1.82, 2.24) is 5.32 Å². The fourth-order valence-corrected chi connectivity index (χ4v) is 3.26. The number of hydrogen-bond donors (Lipinski definition) is 1. The smallest absolute Gasteiger partial charge is 0.263 e. The Hall–Kier alpha value is -1.07. The van der Waals surface area contributed by atoms with Crippen LogP contribution < -0.4 is 5.32 Å². The Balaban J connectivity index is 2.10. The van der Waals surface area contributed by atoms with Crippen molar-refractivity contribution < 1.29 is 9.53 Å². The molecule has 2 aromatic rings. The molecule has 112 valence electrons. The van der Waals surface area contributed by atoms with E-state index in [1.807, 2.05) is 19.1 Å². The van der Waals surface area contributed by atoms with Gasteiger partial charge in [0.1, 0.15) is 11.0 Å². The molecule has 1 heterocycles. The lowest BCUT2D eigenvalue weighted by atomic mass is 10.0. The lowest BCUT2D eigenvalue weighted by Gasteiger charge is -2.24. The van der Waals surface area contributed by atoms with E-state index in [0.717, 1.165) is 5.56 Å². The van der Waals surface area contributed by atoms with Gasteiger partial charge in [-0.25, -0.2) is 0 Å². The average molecular weight is 344 g/mol. The summed E-state index contributed by atoms with van der Waals surface area (Å²) in [6.07, 6.45) is -0.259. The highest BCUT2D eigenvalue weighted by Crippen LogP contribution is 2.25. The van der Waals surface area contributed by atoms with E-state index in [2.05, 4.69) is 5.32 Å². The molecule has 2 atom stereocenters. The van der Waals surface area contributed by atoms with Crippen molar-refractivity contribution in [1.29, 1.82) is 0 Å². The van der Waals surface area contributed by atoms with E-state index >= 15 is 0 Å². The van der Waals surface area contributed by atoms with Gasteiger partial charge in [-0.2, -0.15) is 0 Å². The normalized spacial score (nSPS) is 13.7. The van der Waals surface area contributed by atoms with Crippen LogP contribution in [0, 0.1) is 0 Å². The number of benzene rings is 1. The molecule has 21 heavy (non-hydrogen) atoms. The van der Waals surface area contributed by atoms with Crippen LogP contribution in [0.1, 0.15) is 28.3 Å². The summed E-state index contributed by atoms with van der Waals surface area (Å²) in [5, 5.41) is 5.83. The van der Waals surface area contributed by atoms with E-state index in [1.54, 1.807) is 30.7 Å². The van der Waals surface area contributed by atoms with Gasteiger partial charge in [0, 0.05) is 12.1 Å². The number of hydrogen-bond acceptors (Lipinski definition) is 3. The standard InChI is InChI=1S/C15H15Cl2NO2S/c1-9(18-15(19)14-12(17)7-8-21-14)13(20-2)10-3-5-11(16)6-4-10/h3-9,13H,1-2H3,(H,18,19)/t9-,13+/m1/s1. The van der Waals surface area contributed by atoms with Crippen LogP contribution in [0.15, 0.2) is 35.7 Å². The summed E-state index contributed by atoms with van der Waals surface area (Å²) in [6.45, 7) is 1.89. The third-order valence-electron chi connectivity index (χ3n) is 3.09. The molecule has 0 saturated carbocycles. The molecule has 1 aromatic carbocycles. The SMILES string of the molecule is CO[C@H](c1ccc(Cl)cc1)[C@@H](C)NC(=O)c1sccc1Cl. The number of thiophene rings is 1. The number of amides is 1. The summed E-state index contributed by atoms with van der Waals surface area (Å²) in [6, 6.07) is 8.87. The van der Waals surface area contributed by atoms with E-state index in [9.17, 15) is 4.79 Å². The number of carbonyl (C=O) groups excluding carboxylic acids is 1. The predicted molar refractivity (Wildman–Crippen MR) is 87.5 cm³/mol. The van der Waals surface area contributed by atoms with E-state index < -0.39 is 0 Å². The third-order valence-corrected chi connectivity index (χ3v) is 4.68. The van der Waals surface area contributed by atoms with Crippen LogP contribution in [-0.4, -0.2) is 19.1 Å². The first kappa shape index (κ1) is 16.3. The van der Waals surface area contributed by atoms with Gasteiger partial charge < -0.3 is 10.1 Å². The van der Waals surface area contributed by atoms with Crippen molar-refractivity contribution >= 4 is 40.4 Å². The van der Waals surface area contributed by atoms with Crippen molar-refractivity contribution in [2.75, 3.05) is 7.11 Å². The van der Waals surface area contributed by atoms with E-state index in [1.165, 1.54) is 11.3 Å². The van der Waals surface area contributed by atoms with Gasteiger partial charge in [-0.1, -0.05) is 35.3 Å². The maximum absolute atomic E-state index is 12.2. The lowest BCUT2D eigenvalue weighted by Crippen LogP contribution is -2.37. The number of methoxy groups -OCH3 is 1. The van der Waals surface area contributed by atoms with Crippen molar-refractivity contribution in [2.45, 2.75) is 19.1 Å². The Bertz CT molecular complexity index is 612. The molecule has 2 rings (SSSR count). The zero-order valence-corrected chi connectivity index (χ0v) is 13.9. The second-order valence-corrected chi connectivity index (χ2v) is 6.33. The summed E-state index contributed by atoms with van der Waals surface area (Å²) in [7, 11) is 1.61. The first-order valence-corrected chi connectivity index (χ1v) is 7.98. The number of ether oxygens (including phenoxy) is 1. The van der Waals surface area contributed by atoms with Gasteiger partial charge in [-0.15, -0.1) is 11.3 Å². The van der Waals surface area contributed by atoms with Crippen molar-refractivity contribution in [3.8, 4) is 0 Å². The maximum atomic E-state index is 12.2. The van der Waals surface area contributed by atoms with Gasteiger partial charge in [-0.05, 0) is 36.1 Å². The van der Waals surface area contributed by atoms with Gasteiger partial charge in [-0.3, -0.25) is 4.79 Å². The van der Waals surface area contributed by atoms with Gasteiger partial charge in [0.05, 0.1) is 11.1 Å². The molecule has 0 unspecified atom stereocenters. The number of nitrogens with one attached hydrogen (secondary N) is 1. The van der Waals surface area contributed by atoms with Crippen LogP contribution in [0.3, 0.4) is 0 Å². The fourth-order valence-electron chi connectivity index (χ4n) is 2.09. The third kappa shape index (κ3) is 3.98. The lowest BCUT2D eigenvalue weighted by molar-refractivity contribution is 0.0647. The average Bonchev–Trinajstić information content (AvgIpc) is 2.88. The fraction of sp³-hybridized carbons (Fsp3) is 0.267. The summed E-state index contributed by atoms with van der Waals surface area (Å²) in [5.74, 6) is -0.196. The number of halogens is 2. The Morgan fingerprint density at radius 3 is 2.43 bits per heavy atom. The second kappa shape index (κ2) is 7.27. The second-order valence-electron chi connectivity index (χ2n) is 4.57. The highest BCUT2D eigenvalue weighted by Gasteiger charge is 2.22. The zero-order chi connectivity index (χ0) is 15.4. The molecule has 0 bridgehead atoms. The maximum Gasteiger partial charge on any atom is 0.263 e. The minimum absolute atomic E-state index is 0.196. The minimum Gasteiger partial charge on any atom is -0.375 e. The van der Waals surface area contributed by atoms with Crippen LogP contribution in [0.5, 0.6) is 0 Å². The first-order valence-electron chi connectivity index (χ1n) is 6.35. The van der Waals surface area contributed by atoms with E-state index in [0.29, 0.717) is 14.9 Å². The summed E-state index contributed by atoms with van der Waals surface area (Å²) >= 11 is 13.2. The minimum atomic E-state index is -0.259. The topological polar surface area (TPSA) is 38.3 Å². The molecular weight excluding hydrogens is 329 g/mol. The number of rotatable bonds is 5. The Morgan fingerprint density at radius 1 is 1.24 bits per heavy atom. The molecule has 6 heteroatoms. The molecule has 1 N–H and O–H groups in total.